The summed E-state index contributed by atoms with van der Waals surface area (Å²) in [5.74, 6) is 0.486. The van der Waals surface area contributed by atoms with Crippen LogP contribution in [0.3, 0.4) is 0 Å². The summed E-state index contributed by atoms with van der Waals surface area (Å²) in [4.78, 5) is 15.0. The van der Waals surface area contributed by atoms with Gasteiger partial charge < -0.3 is 9.15 Å². The molecule has 2 heterocycles. The summed E-state index contributed by atoms with van der Waals surface area (Å²) in [6.07, 6.45) is 0.537. The normalized spacial score (nSPS) is 13.7. The highest BCUT2D eigenvalue weighted by atomic mass is 19.1. The minimum absolute atomic E-state index is 0.251. The van der Waals surface area contributed by atoms with Gasteiger partial charge in [0.15, 0.2) is 0 Å². The highest BCUT2D eigenvalue weighted by Crippen LogP contribution is 2.34. The van der Waals surface area contributed by atoms with Crippen molar-refractivity contribution in [2.24, 2.45) is 0 Å². The molecule has 0 radical (unpaired) electrons. The van der Waals surface area contributed by atoms with Gasteiger partial charge in [-0.25, -0.2) is 9.18 Å². The molecule has 4 aromatic rings. The van der Waals surface area contributed by atoms with E-state index in [1.54, 1.807) is 12.1 Å². The number of hydrogen-bond donors (Lipinski definition) is 0. The molecule has 0 amide bonds. The van der Waals surface area contributed by atoms with Gasteiger partial charge in [-0.3, -0.25) is 4.90 Å². The van der Waals surface area contributed by atoms with Crippen molar-refractivity contribution in [3.8, 4) is 5.75 Å². The maximum Gasteiger partial charge on any atom is 0.340 e. The van der Waals surface area contributed by atoms with Crippen LogP contribution in [0.25, 0.3) is 11.0 Å². The average Bonchev–Trinajstić information content (AvgIpc) is 2.79. The molecule has 1 aromatic heterocycles. The number of aryl methyl sites for hydroxylation is 1. The van der Waals surface area contributed by atoms with Crippen molar-refractivity contribution < 1.29 is 13.5 Å². The van der Waals surface area contributed by atoms with Gasteiger partial charge in [-0.2, -0.15) is 0 Å². The molecule has 0 bridgehead atoms. The van der Waals surface area contributed by atoms with Crippen molar-refractivity contribution in [2.45, 2.75) is 26.4 Å². The second kappa shape index (κ2) is 8.00. The fraction of sp³-hybridized carbons (Fsp3) is 0.192. The number of hydrogen-bond acceptors (Lipinski definition) is 4. The lowest BCUT2D eigenvalue weighted by Crippen LogP contribution is -2.31. The summed E-state index contributed by atoms with van der Waals surface area (Å²) in [7, 11) is 0. The van der Waals surface area contributed by atoms with E-state index in [2.05, 4.69) is 4.90 Å². The Labute approximate surface area is 179 Å². The minimum atomic E-state index is -0.307. The molecule has 4 nitrogen and oxygen atoms in total. The Hall–Kier alpha value is -3.44. The van der Waals surface area contributed by atoms with E-state index in [-0.39, 0.29) is 11.4 Å². The van der Waals surface area contributed by atoms with Crippen LogP contribution in [0.4, 0.5) is 4.39 Å². The summed E-state index contributed by atoms with van der Waals surface area (Å²) in [6.45, 7) is 3.60. The molecule has 0 aliphatic carbocycles. The van der Waals surface area contributed by atoms with Gasteiger partial charge in [0.05, 0.1) is 5.56 Å². The second-order valence-corrected chi connectivity index (χ2v) is 7.96. The molecule has 0 saturated carbocycles. The smallest absolute Gasteiger partial charge is 0.340 e. The molecule has 1 aliphatic heterocycles. The van der Waals surface area contributed by atoms with E-state index in [0.717, 1.165) is 33.4 Å². The third-order valence-electron chi connectivity index (χ3n) is 5.84. The predicted octanol–water partition coefficient (Wildman–Crippen LogP) is 5.18. The van der Waals surface area contributed by atoms with E-state index in [9.17, 15) is 9.18 Å². The quantitative estimate of drug-likeness (QED) is 0.431. The van der Waals surface area contributed by atoms with Gasteiger partial charge in [-0.1, -0.05) is 42.5 Å². The fourth-order valence-electron chi connectivity index (χ4n) is 4.16. The standard InChI is InChI=1S/C26H22FNO3/c1-17-21-11-12-24-23(15-28(16-30-24)14-19-7-9-20(27)10-8-19)25(21)31-26(29)22(17)13-18-5-3-2-4-6-18/h2-12H,13-16H2,1H3. The first-order valence-electron chi connectivity index (χ1n) is 10.3. The lowest BCUT2D eigenvalue weighted by atomic mass is 9.97. The molecule has 0 N–H and O–H groups in total. The number of benzene rings is 3. The maximum absolute atomic E-state index is 13.2. The number of ether oxygens (including phenoxy) is 1. The van der Waals surface area contributed by atoms with Crippen LogP contribution in [-0.2, 0) is 19.5 Å². The minimum Gasteiger partial charge on any atom is -0.478 e. The first-order chi connectivity index (χ1) is 15.1. The highest BCUT2D eigenvalue weighted by Gasteiger charge is 2.23. The summed E-state index contributed by atoms with van der Waals surface area (Å²) in [5, 5.41) is 0.927. The van der Waals surface area contributed by atoms with Gasteiger partial charge in [-0.05, 0) is 47.9 Å². The molecule has 5 heteroatoms. The van der Waals surface area contributed by atoms with E-state index in [1.165, 1.54) is 12.1 Å². The van der Waals surface area contributed by atoms with Crippen LogP contribution in [0.5, 0.6) is 5.75 Å². The monoisotopic (exact) mass is 415 g/mol. The molecular weight excluding hydrogens is 393 g/mol. The molecule has 0 fully saturated rings. The summed E-state index contributed by atoms with van der Waals surface area (Å²) < 4.78 is 25.0. The van der Waals surface area contributed by atoms with Gasteiger partial charge in [0.2, 0.25) is 0 Å². The second-order valence-electron chi connectivity index (χ2n) is 7.96. The van der Waals surface area contributed by atoms with Gasteiger partial charge in [-0.15, -0.1) is 0 Å². The Balaban J connectivity index is 1.50. The Bertz CT molecular complexity index is 1300. The first kappa shape index (κ1) is 19.5. The largest absolute Gasteiger partial charge is 0.478 e. The average molecular weight is 415 g/mol. The molecule has 0 unspecified atom stereocenters. The van der Waals surface area contributed by atoms with Crippen LogP contribution in [0.15, 0.2) is 75.9 Å². The van der Waals surface area contributed by atoms with Gasteiger partial charge in [0, 0.05) is 30.5 Å². The number of halogens is 1. The molecule has 0 saturated heterocycles. The van der Waals surface area contributed by atoms with E-state index in [0.29, 0.717) is 37.4 Å². The Morgan fingerprint density at radius 3 is 2.52 bits per heavy atom. The van der Waals surface area contributed by atoms with Crippen LogP contribution < -0.4 is 10.4 Å². The zero-order valence-electron chi connectivity index (χ0n) is 17.2. The fourth-order valence-corrected chi connectivity index (χ4v) is 4.16. The van der Waals surface area contributed by atoms with Crippen LogP contribution in [0.2, 0.25) is 0 Å². The Kier molecular flexibility index (Phi) is 5.04. The van der Waals surface area contributed by atoms with Crippen LogP contribution in [-0.4, -0.2) is 11.6 Å². The molecule has 0 spiro atoms. The summed E-state index contributed by atoms with van der Waals surface area (Å²) in [5.41, 5.74) is 4.84. The topological polar surface area (TPSA) is 42.7 Å². The molecule has 1 aliphatic rings. The molecule has 3 aromatic carbocycles. The Morgan fingerprint density at radius 1 is 0.968 bits per heavy atom. The lowest BCUT2D eigenvalue weighted by Gasteiger charge is -2.29. The summed E-state index contributed by atoms with van der Waals surface area (Å²) in [6, 6.07) is 20.3. The first-order valence-corrected chi connectivity index (χ1v) is 10.3. The third kappa shape index (κ3) is 3.84. The van der Waals surface area contributed by atoms with Crippen molar-refractivity contribution >= 4 is 11.0 Å². The number of nitrogens with zero attached hydrogens (tertiary/aromatic N) is 1. The van der Waals surface area contributed by atoms with Crippen molar-refractivity contribution in [3.63, 3.8) is 0 Å². The van der Waals surface area contributed by atoms with Crippen LogP contribution >= 0.6 is 0 Å². The molecule has 5 rings (SSSR count). The summed E-state index contributed by atoms with van der Waals surface area (Å²) >= 11 is 0. The molecular formula is C26H22FNO3. The molecule has 156 valence electrons. The zero-order valence-corrected chi connectivity index (χ0v) is 17.2. The molecule has 31 heavy (non-hydrogen) atoms. The number of rotatable bonds is 4. The van der Waals surface area contributed by atoms with E-state index >= 15 is 0 Å². The van der Waals surface area contributed by atoms with Crippen molar-refractivity contribution in [2.75, 3.05) is 6.73 Å². The van der Waals surface area contributed by atoms with E-state index in [4.69, 9.17) is 9.15 Å². The van der Waals surface area contributed by atoms with E-state index in [1.807, 2.05) is 49.4 Å². The van der Waals surface area contributed by atoms with Crippen LogP contribution in [0.1, 0.15) is 27.8 Å². The van der Waals surface area contributed by atoms with Crippen molar-refractivity contribution in [1.82, 2.24) is 4.90 Å². The zero-order chi connectivity index (χ0) is 21.4. The Morgan fingerprint density at radius 2 is 1.74 bits per heavy atom. The molecule has 0 atom stereocenters. The van der Waals surface area contributed by atoms with E-state index < -0.39 is 0 Å². The lowest BCUT2D eigenvalue weighted by molar-refractivity contribution is 0.0889. The van der Waals surface area contributed by atoms with Gasteiger partial charge in [0.1, 0.15) is 23.9 Å². The maximum atomic E-state index is 13.2. The van der Waals surface area contributed by atoms with Crippen molar-refractivity contribution in [1.29, 1.82) is 0 Å². The van der Waals surface area contributed by atoms with Crippen LogP contribution in [0, 0.1) is 12.7 Å². The van der Waals surface area contributed by atoms with Crippen molar-refractivity contribution in [3.05, 3.63) is 111 Å². The highest BCUT2D eigenvalue weighted by molar-refractivity contribution is 5.86. The van der Waals surface area contributed by atoms with Gasteiger partial charge >= 0.3 is 5.63 Å². The van der Waals surface area contributed by atoms with Gasteiger partial charge in [0.25, 0.3) is 0 Å². The SMILES string of the molecule is Cc1c(Cc2ccccc2)c(=O)oc2c3c(ccc12)OCN(Cc1ccc(F)cc1)C3. The third-order valence-corrected chi connectivity index (χ3v) is 5.84. The number of fused-ring (bicyclic) bond motifs is 3. The predicted molar refractivity (Wildman–Crippen MR) is 118 cm³/mol.